The second-order valence-corrected chi connectivity index (χ2v) is 6.23. The smallest absolute Gasteiger partial charge is 0.338 e. The third kappa shape index (κ3) is 5.70. The molecule has 2 rings (SSSR count). The monoisotopic (exact) mass is 346 g/mol. The van der Waals surface area contributed by atoms with Crippen molar-refractivity contribution in [2.24, 2.45) is 5.92 Å². The van der Waals surface area contributed by atoms with Gasteiger partial charge >= 0.3 is 11.9 Å². The molecule has 0 amide bonds. The van der Waals surface area contributed by atoms with E-state index in [0.717, 1.165) is 5.56 Å². The van der Waals surface area contributed by atoms with E-state index in [9.17, 15) is 9.59 Å². The molecule has 0 fully saturated rings. The molecule has 0 saturated heterocycles. The number of carbonyl (C=O) groups is 2. The molecular weight excluding hydrogens is 328 g/mol. The topological polar surface area (TPSA) is 52.6 Å². The minimum atomic E-state index is -0.431. The van der Waals surface area contributed by atoms with Crippen LogP contribution >= 0.6 is 11.6 Å². The van der Waals surface area contributed by atoms with Gasteiger partial charge in [0.05, 0.1) is 18.6 Å². The van der Waals surface area contributed by atoms with Gasteiger partial charge < -0.3 is 9.47 Å². The van der Waals surface area contributed by atoms with Gasteiger partial charge in [0, 0.05) is 5.02 Å². The Morgan fingerprint density at radius 2 is 1.79 bits per heavy atom. The predicted octanol–water partition coefficient (Wildman–Crippen LogP) is 4.30. The second kappa shape index (κ2) is 8.50. The number of rotatable bonds is 6. The van der Waals surface area contributed by atoms with Crippen LogP contribution in [0.15, 0.2) is 48.5 Å². The van der Waals surface area contributed by atoms with Crippen molar-refractivity contribution < 1.29 is 19.1 Å². The van der Waals surface area contributed by atoms with E-state index in [2.05, 4.69) is 0 Å². The average Bonchev–Trinajstić information content (AvgIpc) is 2.55. The molecule has 0 atom stereocenters. The number of benzene rings is 2. The number of halogens is 1. The lowest BCUT2D eigenvalue weighted by Gasteiger charge is -2.09. The van der Waals surface area contributed by atoms with Gasteiger partial charge in [0.1, 0.15) is 5.75 Å². The average molecular weight is 347 g/mol. The van der Waals surface area contributed by atoms with E-state index in [4.69, 9.17) is 21.1 Å². The van der Waals surface area contributed by atoms with Crippen molar-refractivity contribution in [3.8, 4) is 5.75 Å². The van der Waals surface area contributed by atoms with E-state index in [1.54, 1.807) is 42.5 Å². The molecule has 0 aromatic heterocycles. The maximum atomic E-state index is 12.0. The number of carbonyl (C=O) groups excluding carboxylic acids is 2. The van der Waals surface area contributed by atoms with Crippen LogP contribution in [0, 0.1) is 5.92 Å². The molecule has 0 saturated carbocycles. The van der Waals surface area contributed by atoms with Gasteiger partial charge in [-0.2, -0.15) is 0 Å². The first kappa shape index (κ1) is 18.0. The van der Waals surface area contributed by atoms with Crippen LogP contribution in [-0.2, 0) is 16.0 Å². The summed E-state index contributed by atoms with van der Waals surface area (Å²) in [6.07, 6.45) is 0.124. The summed E-state index contributed by atoms with van der Waals surface area (Å²) in [5.41, 5.74) is 1.16. The summed E-state index contributed by atoms with van der Waals surface area (Å²) in [7, 11) is 0. The van der Waals surface area contributed by atoms with Gasteiger partial charge in [0.25, 0.3) is 0 Å². The molecular formula is C19H19ClO4. The molecule has 0 heterocycles. The molecule has 24 heavy (non-hydrogen) atoms. The first-order valence-corrected chi connectivity index (χ1v) is 8.04. The fourth-order valence-electron chi connectivity index (χ4n) is 1.95. The van der Waals surface area contributed by atoms with Crippen molar-refractivity contribution in [1.29, 1.82) is 0 Å². The van der Waals surface area contributed by atoms with E-state index in [0.29, 0.717) is 22.9 Å². The Hall–Kier alpha value is -2.33. The van der Waals surface area contributed by atoms with E-state index >= 15 is 0 Å². The van der Waals surface area contributed by atoms with E-state index in [1.165, 1.54) is 6.07 Å². The molecule has 2 aromatic carbocycles. The quantitative estimate of drug-likeness (QED) is 0.578. The molecule has 126 valence electrons. The van der Waals surface area contributed by atoms with Gasteiger partial charge in [-0.1, -0.05) is 43.6 Å². The number of ether oxygens (including phenoxy) is 2. The van der Waals surface area contributed by atoms with Crippen molar-refractivity contribution in [2.75, 3.05) is 6.61 Å². The van der Waals surface area contributed by atoms with Crippen molar-refractivity contribution in [3.63, 3.8) is 0 Å². The lowest BCUT2D eigenvalue weighted by atomic mass is 10.1. The summed E-state index contributed by atoms with van der Waals surface area (Å²) in [6.45, 7) is 4.27. The van der Waals surface area contributed by atoms with Crippen LogP contribution < -0.4 is 4.74 Å². The van der Waals surface area contributed by atoms with Crippen molar-refractivity contribution in [1.82, 2.24) is 0 Å². The fraction of sp³-hybridized carbons (Fsp3) is 0.263. The third-order valence-corrected chi connectivity index (χ3v) is 3.36. The van der Waals surface area contributed by atoms with Crippen LogP contribution in [0.5, 0.6) is 5.75 Å². The van der Waals surface area contributed by atoms with Crippen molar-refractivity contribution in [3.05, 3.63) is 64.7 Å². The minimum Gasteiger partial charge on any atom is -0.462 e. The third-order valence-electron chi connectivity index (χ3n) is 3.11. The highest BCUT2D eigenvalue weighted by Gasteiger charge is 2.11. The minimum absolute atomic E-state index is 0.124. The molecule has 0 spiro atoms. The number of hydrogen-bond donors (Lipinski definition) is 0. The molecule has 0 unspecified atom stereocenters. The maximum absolute atomic E-state index is 12.0. The SMILES string of the molecule is CC(C)COC(=O)c1cccc(OC(=O)Cc2ccc(Cl)cc2)c1. The van der Waals surface area contributed by atoms with Gasteiger partial charge in [-0.25, -0.2) is 4.79 Å². The van der Waals surface area contributed by atoms with Gasteiger partial charge in [0.2, 0.25) is 0 Å². The molecule has 0 aliphatic heterocycles. The van der Waals surface area contributed by atoms with Gasteiger partial charge in [-0.3, -0.25) is 4.79 Å². The second-order valence-electron chi connectivity index (χ2n) is 5.80. The van der Waals surface area contributed by atoms with E-state index in [-0.39, 0.29) is 12.3 Å². The highest BCUT2D eigenvalue weighted by molar-refractivity contribution is 6.30. The first-order valence-electron chi connectivity index (χ1n) is 7.66. The van der Waals surface area contributed by atoms with Crippen LogP contribution in [0.1, 0.15) is 29.8 Å². The normalized spacial score (nSPS) is 10.5. The zero-order valence-corrected chi connectivity index (χ0v) is 14.4. The molecule has 0 aliphatic rings. The van der Waals surface area contributed by atoms with E-state index in [1.807, 2.05) is 13.8 Å². The lowest BCUT2D eigenvalue weighted by molar-refractivity contribution is -0.133. The number of hydrogen-bond acceptors (Lipinski definition) is 4. The molecule has 0 N–H and O–H groups in total. The van der Waals surface area contributed by atoms with Crippen LogP contribution in [0.2, 0.25) is 5.02 Å². The number of esters is 2. The lowest BCUT2D eigenvalue weighted by Crippen LogP contribution is -2.13. The standard InChI is InChI=1S/C19H19ClO4/c1-13(2)12-23-19(22)15-4-3-5-17(11-15)24-18(21)10-14-6-8-16(20)9-7-14/h3-9,11,13H,10,12H2,1-2H3. The van der Waals surface area contributed by atoms with Gasteiger partial charge in [-0.05, 0) is 41.8 Å². The van der Waals surface area contributed by atoms with Crippen LogP contribution in [0.3, 0.4) is 0 Å². The predicted molar refractivity (Wildman–Crippen MR) is 92.4 cm³/mol. The van der Waals surface area contributed by atoms with Crippen molar-refractivity contribution >= 4 is 23.5 Å². The molecule has 5 heteroatoms. The summed E-state index contributed by atoms with van der Waals surface area (Å²) in [6, 6.07) is 13.4. The van der Waals surface area contributed by atoms with Gasteiger partial charge in [-0.15, -0.1) is 0 Å². The zero-order chi connectivity index (χ0) is 17.5. The van der Waals surface area contributed by atoms with E-state index < -0.39 is 11.9 Å². The summed E-state index contributed by atoms with van der Waals surface area (Å²) in [4.78, 5) is 23.9. The molecule has 4 nitrogen and oxygen atoms in total. The highest BCUT2D eigenvalue weighted by atomic mass is 35.5. The summed E-state index contributed by atoms with van der Waals surface area (Å²) >= 11 is 5.81. The summed E-state index contributed by atoms with van der Waals surface area (Å²) in [5.74, 6) is -0.272. The molecule has 0 bridgehead atoms. The molecule has 2 aromatic rings. The van der Waals surface area contributed by atoms with Crippen LogP contribution in [0.25, 0.3) is 0 Å². The Bertz CT molecular complexity index is 708. The molecule has 0 radical (unpaired) electrons. The Morgan fingerprint density at radius 3 is 2.46 bits per heavy atom. The van der Waals surface area contributed by atoms with Crippen LogP contribution in [-0.4, -0.2) is 18.5 Å². The Morgan fingerprint density at radius 1 is 1.08 bits per heavy atom. The fourth-order valence-corrected chi connectivity index (χ4v) is 2.07. The molecule has 0 aliphatic carbocycles. The highest BCUT2D eigenvalue weighted by Crippen LogP contribution is 2.16. The summed E-state index contributed by atoms with van der Waals surface area (Å²) in [5, 5.41) is 0.611. The van der Waals surface area contributed by atoms with Gasteiger partial charge in [0.15, 0.2) is 0 Å². The Balaban J connectivity index is 1.97. The van der Waals surface area contributed by atoms with Crippen LogP contribution in [0.4, 0.5) is 0 Å². The Labute approximate surface area is 146 Å². The maximum Gasteiger partial charge on any atom is 0.338 e. The largest absolute Gasteiger partial charge is 0.462 e. The summed E-state index contributed by atoms with van der Waals surface area (Å²) < 4.78 is 10.4. The first-order chi connectivity index (χ1) is 11.4. The zero-order valence-electron chi connectivity index (χ0n) is 13.6. The van der Waals surface area contributed by atoms with Crippen molar-refractivity contribution in [2.45, 2.75) is 20.3 Å². The Kier molecular flexibility index (Phi) is 6.38.